The fourth-order valence-corrected chi connectivity index (χ4v) is 1.13. The number of pyridine rings is 1. The van der Waals surface area contributed by atoms with Crippen LogP contribution >= 0.6 is 0 Å². The zero-order valence-corrected chi connectivity index (χ0v) is 7.80. The van der Waals surface area contributed by atoms with Crippen molar-refractivity contribution in [1.82, 2.24) is 4.57 Å². The lowest BCUT2D eigenvalue weighted by Gasteiger charge is -2.09. The molecule has 1 rings (SSSR count). The van der Waals surface area contributed by atoms with E-state index in [1.165, 1.54) is 6.92 Å². The van der Waals surface area contributed by atoms with Gasteiger partial charge in [-0.25, -0.2) is 0 Å². The van der Waals surface area contributed by atoms with E-state index in [4.69, 9.17) is 5.26 Å². The molecule has 0 spiro atoms. The van der Waals surface area contributed by atoms with Crippen molar-refractivity contribution in [3.8, 4) is 6.07 Å². The lowest BCUT2D eigenvalue weighted by Crippen LogP contribution is -2.24. The van der Waals surface area contributed by atoms with Crippen molar-refractivity contribution in [3.05, 3.63) is 33.7 Å². The third-order valence-corrected chi connectivity index (χ3v) is 1.83. The first-order valence-electron chi connectivity index (χ1n) is 4.01. The molecular formula is C9H7F3N2O. The van der Waals surface area contributed by atoms with Crippen molar-refractivity contribution >= 4 is 0 Å². The first kappa shape index (κ1) is 11.3. The van der Waals surface area contributed by atoms with Crippen LogP contribution in [0.4, 0.5) is 13.2 Å². The largest absolute Gasteiger partial charge is 0.417 e. The Morgan fingerprint density at radius 3 is 2.60 bits per heavy atom. The zero-order chi connectivity index (χ0) is 11.6. The van der Waals surface area contributed by atoms with E-state index in [2.05, 4.69) is 0 Å². The maximum atomic E-state index is 12.3. The second-order valence-electron chi connectivity index (χ2n) is 3.00. The number of hydrogen-bond acceptors (Lipinski definition) is 2. The monoisotopic (exact) mass is 216 g/mol. The smallest absolute Gasteiger partial charge is 0.301 e. The van der Waals surface area contributed by atoms with Gasteiger partial charge in [0.2, 0.25) is 0 Å². The highest BCUT2D eigenvalue weighted by Crippen LogP contribution is 2.28. The molecule has 0 aliphatic heterocycles. The molecular weight excluding hydrogens is 209 g/mol. The van der Waals surface area contributed by atoms with Crippen LogP contribution in [0.15, 0.2) is 17.1 Å². The van der Waals surface area contributed by atoms with Gasteiger partial charge in [0.05, 0.1) is 11.6 Å². The molecule has 0 aromatic carbocycles. The molecule has 0 radical (unpaired) electrons. The number of aryl methyl sites for hydroxylation is 1. The molecule has 0 N–H and O–H groups in total. The fraction of sp³-hybridized carbons (Fsp3) is 0.333. The van der Waals surface area contributed by atoms with Gasteiger partial charge in [-0.1, -0.05) is 0 Å². The minimum Gasteiger partial charge on any atom is -0.301 e. The molecule has 0 amide bonds. The Morgan fingerprint density at radius 2 is 2.13 bits per heavy atom. The van der Waals surface area contributed by atoms with Crippen LogP contribution in [0.5, 0.6) is 0 Å². The van der Waals surface area contributed by atoms with Crippen LogP contribution in [0.3, 0.4) is 0 Å². The molecule has 0 unspecified atom stereocenters. The van der Waals surface area contributed by atoms with Gasteiger partial charge < -0.3 is 4.57 Å². The Bertz CT molecular complexity index is 468. The highest BCUT2D eigenvalue weighted by atomic mass is 19.4. The van der Waals surface area contributed by atoms with E-state index in [0.29, 0.717) is 6.20 Å². The standard InChI is InChI=1S/C9H7F3N2O/c1-6-4-7(9(10,11)12)5-14(3-2-13)8(6)15/h4-5H,3H2,1H3. The van der Waals surface area contributed by atoms with Crippen LogP contribution in [-0.4, -0.2) is 4.57 Å². The molecule has 0 fully saturated rings. The normalized spacial score (nSPS) is 11.1. The number of halogens is 3. The topological polar surface area (TPSA) is 45.8 Å². The van der Waals surface area contributed by atoms with E-state index >= 15 is 0 Å². The van der Waals surface area contributed by atoms with Crippen LogP contribution in [0.1, 0.15) is 11.1 Å². The molecule has 0 saturated heterocycles. The average Bonchev–Trinajstić information content (AvgIpc) is 2.11. The lowest BCUT2D eigenvalue weighted by atomic mass is 10.2. The molecule has 0 bridgehead atoms. The molecule has 3 nitrogen and oxygen atoms in total. The minimum atomic E-state index is -4.50. The number of nitriles is 1. The van der Waals surface area contributed by atoms with E-state index in [9.17, 15) is 18.0 Å². The van der Waals surface area contributed by atoms with Gasteiger partial charge in [-0.2, -0.15) is 18.4 Å². The Balaban J connectivity index is 3.38. The first-order valence-corrected chi connectivity index (χ1v) is 4.01. The van der Waals surface area contributed by atoms with Crippen LogP contribution in [-0.2, 0) is 12.7 Å². The van der Waals surface area contributed by atoms with Crippen molar-refractivity contribution in [2.24, 2.45) is 0 Å². The molecule has 0 aliphatic rings. The summed E-state index contributed by atoms with van der Waals surface area (Å²) in [6.07, 6.45) is -3.85. The van der Waals surface area contributed by atoms with Crippen molar-refractivity contribution in [2.75, 3.05) is 0 Å². The van der Waals surface area contributed by atoms with E-state index < -0.39 is 17.3 Å². The van der Waals surface area contributed by atoms with Crippen LogP contribution in [0.2, 0.25) is 0 Å². The maximum absolute atomic E-state index is 12.3. The number of alkyl halides is 3. The van der Waals surface area contributed by atoms with Crippen molar-refractivity contribution in [3.63, 3.8) is 0 Å². The number of hydrogen-bond donors (Lipinski definition) is 0. The van der Waals surface area contributed by atoms with Crippen LogP contribution < -0.4 is 5.56 Å². The van der Waals surface area contributed by atoms with Gasteiger partial charge in [0.15, 0.2) is 0 Å². The Kier molecular flexibility index (Phi) is 2.84. The van der Waals surface area contributed by atoms with Gasteiger partial charge in [-0.3, -0.25) is 4.79 Å². The first-order chi connectivity index (χ1) is 6.86. The maximum Gasteiger partial charge on any atom is 0.417 e. The molecule has 15 heavy (non-hydrogen) atoms. The Hall–Kier alpha value is -1.77. The molecule has 0 aliphatic carbocycles. The van der Waals surface area contributed by atoms with Gasteiger partial charge in [0, 0.05) is 11.8 Å². The summed E-state index contributed by atoms with van der Waals surface area (Å²) in [5, 5.41) is 8.34. The summed E-state index contributed by atoms with van der Waals surface area (Å²) in [7, 11) is 0. The van der Waals surface area contributed by atoms with Gasteiger partial charge >= 0.3 is 6.18 Å². The third-order valence-electron chi connectivity index (χ3n) is 1.83. The van der Waals surface area contributed by atoms with Crippen molar-refractivity contribution in [1.29, 1.82) is 5.26 Å². The van der Waals surface area contributed by atoms with Crippen molar-refractivity contribution < 1.29 is 13.2 Å². The van der Waals surface area contributed by atoms with Gasteiger partial charge in [0.1, 0.15) is 6.54 Å². The molecule has 1 heterocycles. The summed E-state index contributed by atoms with van der Waals surface area (Å²) in [6, 6.07) is 2.40. The fourth-order valence-electron chi connectivity index (χ4n) is 1.13. The van der Waals surface area contributed by atoms with Gasteiger partial charge in [-0.15, -0.1) is 0 Å². The Labute approximate surface area is 83.4 Å². The van der Waals surface area contributed by atoms with Crippen LogP contribution in [0.25, 0.3) is 0 Å². The number of aromatic nitrogens is 1. The molecule has 1 aromatic heterocycles. The quantitative estimate of drug-likeness (QED) is 0.717. The molecule has 0 saturated carbocycles. The van der Waals surface area contributed by atoms with E-state index in [1.807, 2.05) is 0 Å². The predicted octanol–water partition coefficient (Wildman–Crippen LogP) is 1.70. The van der Waals surface area contributed by atoms with Crippen LogP contribution in [0, 0.1) is 18.3 Å². The number of rotatable bonds is 1. The highest BCUT2D eigenvalue weighted by Gasteiger charge is 2.31. The molecule has 0 atom stereocenters. The Morgan fingerprint density at radius 1 is 1.53 bits per heavy atom. The van der Waals surface area contributed by atoms with Gasteiger partial charge in [0.25, 0.3) is 5.56 Å². The van der Waals surface area contributed by atoms with Crippen molar-refractivity contribution in [2.45, 2.75) is 19.6 Å². The zero-order valence-electron chi connectivity index (χ0n) is 7.80. The minimum absolute atomic E-state index is 0.0277. The average molecular weight is 216 g/mol. The summed E-state index contributed by atoms with van der Waals surface area (Å²) in [4.78, 5) is 11.3. The van der Waals surface area contributed by atoms with E-state index in [0.717, 1.165) is 10.6 Å². The molecule has 1 aromatic rings. The molecule has 6 heteroatoms. The lowest BCUT2D eigenvalue weighted by molar-refractivity contribution is -0.138. The summed E-state index contributed by atoms with van der Waals surface area (Å²) in [5.41, 5.74) is -1.53. The predicted molar refractivity (Wildman–Crippen MR) is 46.1 cm³/mol. The summed E-state index contributed by atoms with van der Waals surface area (Å²) < 4.78 is 37.7. The number of nitrogens with zero attached hydrogens (tertiary/aromatic N) is 2. The summed E-state index contributed by atoms with van der Waals surface area (Å²) in [6.45, 7) is 0.898. The highest BCUT2D eigenvalue weighted by molar-refractivity contribution is 5.21. The second kappa shape index (κ2) is 3.77. The summed E-state index contributed by atoms with van der Waals surface area (Å²) >= 11 is 0. The van der Waals surface area contributed by atoms with E-state index in [-0.39, 0.29) is 12.1 Å². The van der Waals surface area contributed by atoms with E-state index in [1.54, 1.807) is 6.07 Å². The molecule has 80 valence electrons. The SMILES string of the molecule is Cc1cc(C(F)(F)F)cn(CC#N)c1=O. The second-order valence-corrected chi connectivity index (χ2v) is 3.00. The third kappa shape index (κ3) is 2.37. The van der Waals surface area contributed by atoms with Gasteiger partial charge in [-0.05, 0) is 13.0 Å². The summed E-state index contributed by atoms with van der Waals surface area (Å²) in [5.74, 6) is 0.